The Hall–Kier alpha value is -2.67. The van der Waals surface area contributed by atoms with E-state index in [1.54, 1.807) is 6.20 Å². The molecule has 0 atom stereocenters. The number of morpholine rings is 1. The van der Waals surface area contributed by atoms with Crippen molar-refractivity contribution >= 4 is 11.7 Å². The van der Waals surface area contributed by atoms with Gasteiger partial charge in [0.05, 0.1) is 19.8 Å². The maximum absolute atomic E-state index is 11.9. The molecule has 7 heteroatoms. The summed E-state index contributed by atoms with van der Waals surface area (Å²) in [5.74, 6) is 1.91. The molecular formula is C18H22N4O3. The van der Waals surface area contributed by atoms with Crippen molar-refractivity contribution in [1.82, 2.24) is 15.3 Å². The second kappa shape index (κ2) is 8.43. The quantitative estimate of drug-likeness (QED) is 0.853. The zero-order valence-corrected chi connectivity index (χ0v) is 14.3. The van der Waals surface area contributed by atoms with Crippen molar-refractivity contribution in [2.75, 3.05) is 37.8 Å². The molecular weight excluding hydrogens is 320 g/mol. The van der Waals surface area contributed by atoms with E-state index in [0.29, 0.717) is 24.8 Å². The van der Waals surface area contributed by atoms with E-state index < -0.39 is 0 Å². The molecule has 2 heterocycles. The number of nitrogens with one attached hydrogen (secondary N) is 1. The number of hydrogen-bond acceptors (Lipinski definition) is 6. The highest BCUT2D eigenvalue weighted by molar-refractivity contribution is 5.77. The fourth-order valence-electron chi connectivity index (χ4n) is 2.52. The lowest BCUT2D eigenvalue weighted by Crippen LogP contribution is -2.37. The molecule has 1 aromatic heterocycles. The Balaban J connectivity index is 1.48. The third kappa shape index (κ3) is 5.15. The first-order valence-electron chi connectivity index (χ1n) is 8.31. The molecule has 3 rings (SSSR count). The Bertz CT molecular complexity index is 717. The third-order valence-electron chi connectivity index (χ3n) is 3.83. The number of benzene rings is 1. The highest BCUT2D eigenvalue weighted by Crippen LogP contribution is 2.13. The summed E-state index contributed by atoms with van der Waals surface area (Å²) < 4.78 is 10.8. The SMILES string of the molecule is Cc1cccc(OCC(=O)NCc2nccc(N3CCOCC3)n2)c1. The Labute approximate surface area is 147 Å². The zero-order valence-electron chi connectivity index (χ0n) is 14.3. The molecule has 1 amide bonds. The summed E-state index contributed by atoms with van der Waals surface area (Å²) in [7, 11) is 0. The lowest BCUT2D eigenvalue weighted by Gasteiger charge is -2.27. The summed E-state index contributed by atoms with van der Waals surface area (Å²) in [6.45, 7) is 5.24. The lowest BCUT2D eigenvalue weighted by molar-refractivity contribution is -0.123. The predicted octanol–water partition coefficient (Wildman–Crippen LogP) is 1.32. The van der Waals surface area contributed by atoms with Crippen LogP contribution in [0.1, 0.15) is 11.4 Å². The summed E-state index contributed by atoms with van der Waals surface area (Å²) in [5.41, 5.74) is 1.09. The Kier molecular flexibility index (Phi) is 5.79. The van der Waals surface area contributed by atoms with Crippen LogP contribution in [0.5, 0.6) is 5.75 Å². The number of carbonyl (C=O) groups excluding carboxylic acids is 1. The van der Waals surface area contributed by atoms with Gasteiger partial charge < -0.3 is 19.7 Å². The van der Waals surface area contributed by atoms with Gasteiger partial charge in [-0.25, -0.2) is 9.97 Å². The van der Waals surface area contributed by atoms with Gasteiger partial charge in [-0.3, -0.25) is 4.79 Å². The number of rotatable bonds is 6. The molecule has 0 unspecified atom stereocenters. The maximum atomic E-state index is 11.9. The average molecular weight is 342 g/mol. The standard InChI is InChI=1S/C18H22N4O3/c1-14-3-2-4-15(11-14)25-13-18(23)20-12-16-19-6-5-17(21-16)22-7-9-24-10-8-22/h2-6,11H,7-10,12-13H2,1H3,(H,20,23). The number of hydrogen-bond donors (Lipinski definition) is 1. The Morgan fingerprint density at radius 3 is 2.96 bits per heavy atom. The molecule has 25 heavy (non-hydrogen) atoms. The third-order valence-corrected chi connectivity index (χ3v) is 3.83. The van der Waals surface area contributed by atoms with E-state index in [1.807, 2.05) is 37.3 Å². The number of aryl methyl sites for hydroxylation is 1. The van der Waals surface area contributed by atoms with Gasteiger partial charge in [-0.15, -0.1) is 0 Å². The minimum Gasteiger partial charge on any atom is -0.484 e. The normalized spacial score (nSPS) is 14.2. The molecule has 1 aromatic carbocycles. The Morgan fingerprint density at radius 2 is 2.16 bits per heavy atom. The number of nitrogens with zero attached hydrogens (tertiary/aromatic N) is 3. The van der Waals surface area contributed by atoms with Gasteiger partial charge in [-0.05, 0) is 30.7 Å². The largest absolute Gasteiger partial charge is 0.484 e. The van der Waals surface area contributed by atoms with Crippen molar-refractivity contribution in [3.63, 3.8) is 0 Å². The summed E-state index contributed by atoms with van der Waals surface area (Å²) in [6.07, 6.45) is 1.71. The van der Waals surface area contributed by atoms with Gasteiger partial charge in [0.1, 0.15) is 17.4 Å². The van der Waals surface area contributed by atoms with Crippen molar-refractivity contribution in [3.05, 3.63) is 47.9 Å². The van der Waals surface area contributed by atoms with Crippen LogP contribution in [0, 0.1) is 6.92 Å². The topological polar surface area (TPSA) is 76.6 Å². The molecule has 1 fully saturated rings. The molecule has 0 aliphatic carbocycles. The lowest BCUT2D eigenvalue weighted by atomic mass is 10.2. The van der Waals surface area contributed by atoms with Crippen LogP contribution in [0.4, 0.5) is 5.82 Å². The minimum absolute atomic E-state index is 0.0351. The molecule has 0 radical (unpaired) electrons. The molecule has 1 aliphatic heterocycles. The predicted molar refractivity (Wildman–Crippen MR) is 93.6 cm³/mol. The van der Waals surface area contributed by atoms with Crippen LogP contribution in [-0.2, 0) is 16.1 Å². The van der Waals surface area contributed by atoms with E-state index in [2.05, 4.69) is 20.2 Å². The summed E-state index contributed by atoms with van der Waals surface area (Å²) >= 11 is 0. The van der Waals surface area contributed by atoms with Crippen molar-refractivity contribution < 1.29 is 14.3 Å². The highest BCUT2D eigenvalue weighted by Gasteiger charge is 2.13. The highest BCUT2D eigenvalue weighted by atomic mass is 16.5. The average Bonchev–Trinajstić information content (AvgIpc) is 2.66. The number of aromatic nitrogens is 2. The van der Waals surface area contributed by atoms with Crippen molar-refractivity contribution in [2.24, 2.45) is 0 Å². The second-order valence-corrected chi connectivity index (χ2v) is 5.81. The smallest absolute Gasteiger partial charge is 0.258 e. The first-order valence-corrected chi connectivity index (χ1v) is 8.31. The van der Waals surface area contributed by atoms with E-state index in [9.17, 15) is 4.79 Å². The van der Waals surface area contributed by atoms with Crippen LogP contribution >= 0.6 is 0 Å². The van der Waals surface area contributed by atoms with Gasteiger partial charge in [-0.2, -0.15) is 0 Å². The molecule has 132 valence electrons. The molecule has 2 aromatic rings. The fraction of sp³-hybridized carbons (Fsp3) is 0.389. The number of carbonyl (C=O) groups is 1. The first-order chi connectivity index (χ1) is 12.2. The fourth-order valence-corrected chi connectivity index (χ4v) is 2.52. The van der Waals surface area contributed by atoms with Gasteiger partial charge in [0.2, 0.25) is 0 Å². The van der Waals surface area contributed by atoms with E-state index in [-0.39, 0.29) is 19.1 Å². The van der Waals surface area contributed by atoms with Crippen LogP contribution in [0.15, 0.2) is 36.5 Å². The second-order valence-electron chi connectivity index (χ2n) is 5.81. The van der Waals surface area contributed by atoms with Crippen LogP contribution in [-0.4, -0.2) is 48.8 Å². The molecule has 0 saturated carbocycles. The van der Waals surface area contributed by atoms with Gasteiger partial charge in [-0.1, -0.05) is 12.1 Å². The molecule has 0 spiro atoms. The first kappa shape index (κ1) is 17.2. The Morgan fingerprint density at radius 1 is 1.32 bits per heavy atom. The number of amides is 1. The van der Waals surface area contributed by atoms with Crippen LogP contribution in [0.2, 0.25) is 0 Å². The minimum atomic E-state index is -0.207. The summed E-state index contributed by atoms with van der Waals surface area (Å²) in [5, 5.41) is 2.78. The molecule has 7 nitrogen and oxygen atoms in total. The molecule has 0 bridgehead atoms. The molecule has 1 N–H and O–H groups in total. The maximum Gasteiger partial charge on any atom is 0.258 e. The number of ether oxygens (including phenoxy) is 2. The van der Waals surface area contributed by atoms with E-state index in [0.717, 1.165) is 24.5 Å². The zero-order chi connectivity index (χ0) is 17.5. The van der Waals surface area contributed by atoms with Crippen molar-refractivity contribution in [3.8, 4) is 5.75 Å². The van der Waals surface area contributed by atoms with Gasteiger partial charge >= 0.3 is 0 Å². The van der Waals surface area contributed by atoms with Crippen LogP contribution in [0.25, 0.3) is 0 Å². The monoisotopic (exact) mass is 342 g/mol. The number of anilines is 1. The van der Waals surface area contributed by atoms with Gasteiger partial charge in [0.25, 0.3) is 5.91 Å². The van der Waals surface area contributed by atoms with Crippen LogP contribution < -0.4 is 15.0 Å². The van der Waals surface area contributed by atoms with Crippen LogP contribution in [0.3, 0.4) is 0 Å². The van der Waals surface area contributed by atoms with E-state index in [1.165, 1.54) is 0 Å². The summed E-state index contributed by atoms with van der Waals surface area (Å²) in [6, 6.07) is 9.47. The van der Waals surface area contributed by atoms with E-state index >= 15 is 0 Å². The van der Waals surface area contributed by atoms with Crippen molar-refractivity contribution in [2.45, 2.75) is 13.5 Å². The van der Waals surface area contributed by atoms with Gasteiger partial charge in [0, 0.05) is 19.3 Å². The molecule has 1 aliphatic rings. The van der Waals surface area contributed by atoms with Crippen molar-refractivity contribution in [1.29, 1.82) is 0 Å². The van der Waals surface area contributed by atoms with E-state index in [4.69, 9.17) is 9.47 Å². The summed E-state index contributed by atoms with van der Waals surface area (Å²) in [4.78, 5) is 22.8. The van der Waals surface area contributed by atoms with Gasteiger partial charge in [0.15, 0.2) is 6.61 Å². The molecule has 1 saturated heterocycles.